The molecule has 9 nitrogen and oxygen atoms in total. The minimum absolute atomic E-state index is 0.0437. The average molecular weight is 361 g/mol. The molecule has 1 aliphatic heterocycles. The van der Waals surface area contributed by atoms with Gasteiger partial charge in [0.15, 0.2) is 23.1 Å². The molecule has 0 atom stereocenters. The minimum atomic E-state index is -0.940. The number of fused-ring (bicyclic) bond motifs is 3. The molecule has 0 aromatic carbocycles. The van der Waals surface area contributed by atoms with Gasteiger partial charge < -0.3 is 20.7 Å². The standard InChI is InChI=1S/C15H13F2N7O2/c1-18-11-5-10-21-12-8(16)4-9(17)15(23-12)26-3-2-19-14(25)7-6-20-24(11)13(7)22-10/h4-6,18H,2-3H2,1H3,(H,19,25)(H,21,22,23). The van der Waals surface area contributed by atoms with E-state index < -0.39 is 17.5 Å². The lowest BCUT2D eigenvalue weighted by Crippen LogP contribution is -2.28. The van der Waals surface area contributed by atoms with Crippen molar-refractivity contribution in [3.63, 3.8) is 0 Å². The number of nitrogens with zero attached hydrogens (tertiary/aromatic N) is 4. The second kappa shape index (κ2) is 6.10. The number of aromatic nitrogens is 4. The summed E-state index contributed by atoms with van der Waals surface area (Å²) in [6.45, 7) is 0.0495. The van der Waals surface area contributed by atoms with Gasteiger partial charge in [-0.25, -0.2) is 13.8 Å². The maximum absolute atomic E-state index is 14.1. The Hall–Kier alpha value is -3.50. The molecule has 1 amide bonds. The van der Waals surface area contributed by atoms with Gasteiger partial charge in [-0.2, -0.15) is 14.6 Å². The first-order chi connectivity index (χ1) is 12.6. The van der Waals surface area contributed by atoms with Crippen LogP contribution in [0.5, 0.6) is 5.88 Å². The lowest BCUT2D eigenvalue weighted by molar-refractivity contribution is 0.0947. The Morgan fingerprint density at radius 2 is 2.12 bits per heavy atom. The second-order valence-corrected chi connectivity index (χ2v) is 5.41. The molecular formula is C15H13F2N7O2. The summed E-state index contributed by atoms with van der Waals surface area (Å²) in [5, 5.41) is 12.4. The minimum Gasteiger partial charge on any atom is -0.474 e. The molecule has 4 bridgehead atoms. The van der Waals surface area contributed by atoms with E-state index in [0.29, 0.717) is 11.9 Å². The molecule has 0 radical (unpaired) electrons. The molecule has 4 heterocycles. The summed E-state index contributed by atoms with van der Waals surface area (Å²) in [7, 11) is 1.66. The highest BCUT2D eigenvalue weighted by atomic mass is 19.1. The normalized spacial score (nSPS) is 13.9. The SMILES string of the molecule is CNc1cc2nc3c(cnn13)C(=O)NCCOc1nc(c(F)cc1F)N2. The third kappa shape index (κ3) is 2.62. The lowest BCUT2D eigenvalue weighted by atomic mass is 10.3. The van der Waals surface area contributed by atoms with Gasteiger partial charge in [0.05, 0.1) is 12.7 Å². The molecule has 3 N–H and O–H groups in total. The first-order valence-corrected chi connectivity index (χ1v) is 7.67. The van der Waals surface area contributed by atoms with Crippen molar-refractivity contribution < 1.29 is 18.3 Å². The predicted octanol–water partition coefficient (Wildman–Crippen LogP) is 1.31. The Morgan fingerprint density at radius 1 is 1.27 bits per heavy atom. The monoisotopic (exact) mass is 361 g/mol. The molecule has 0 unspecified atom stereocenters. The Balaban J connectivity index is 1.91. The van der Waals surface area contributed by atoms with Crippen LogP contribution >= 0.6 is 0 Å². The molecule has 4 rings (SSSR count). The van der Waals surface area contributed by atoms with Crippen molar-refractivity contribution >= 4 is 29.0 Å². The van der Waals surface area contributed by atoms with E-state index in [1.165, 1.54) is 10.7 Å². The molecule has 0 saturated carbocycles. The van der Waals surface area contributed by atoms with Crippen LogP contribution in [0.2, 0.25) is 0 Å². The van der Waals surface area contributed by atoms with E-state index in [2.05, 4.69) is 31.0 Å². The topological polar surface area (TPSA) is 105 Å². The third-order valence-corrected chi connectivity index (χ3v) is 3.74. The molecule has 11 heteroatoms. The number of amides is 1. The van der Waals surface area contributed by atoms with Gasteiger partial charge in [-0.1, -0.05) is 0 Å². The molecule has 1 aliphatic rings. The van der Waals surface area contributed by atoms with E-state index in [4.69, 9.17) is 4.74 Å². The van der Waals surface area contributed by atoms with Crippen molar-refractivity contribution in [2.45, 2.75) is 0 Å². The van der Waals surface area contributed by atoms with Crippen LogP contribution in [0.25, 0.3) is 5.65 Å². The summed E-state index contributed by atoms with van der Waals surface area (Å²) in [4.78, 5) is 20.5. The molecular weight excluding hydrogens is 348 g/mol. The fourth-order valence-corrected chi connectivity index (χ4v) is 2.53. The van der Waals surface area contributed by atoms with E-state index in [1.807, 2.05) is 0 Å². The van der Waals surface area contributed by atoms with E-state index >= 15 is 0 Å². The molecule has 26 heavy (non-hydrogen) atoms. The molecule has 0 saturated heterocycles. The van der Waals surface area contributed by atoms with Crippen molar-refractivity contribution in [3.05, 3.63) is 35.5 Å². The van der Waals surface area contributed by atoms with Gasteiger partial charge >= 0.3 is 0 Å². The fourth-order valence-electron chi connectivity index (χ4n) is 2.53. The second-order valence-electron chi connectivity index (χ2n) is 5.41. The predicted molar refractivity (Wildman–Crippen MR) is 87.8 cm³/mol. The van der Waals surface area contributed by atoms with Crippen LogP contribution in [-0.4, -0.2) is 45.7 Å². The molecule has 3 aromatic rings. The Morgan fingerprint density at radius 3 is 2.92 bits per heavy atom. The van der Waals surface area contributed by atoms with Gasteiger partial charge in [0.1, 0.15) is 23.8 Å². The van der Waals surface area contributed by atoms with E-state index in [-0.39, 0.29) is 41.9 Å². The highest BCUT2D eigenvalue weighted by Crippen LogP contribution is 2.26. The summed E-state index contributed by atoms with van der Waals surface area (Å²) in [5.74, 6) is -2.18. The van der Waals surface area contributed by atoms with Crippen molar-refractivity contribution in [2.75, 3.05) is 30.8 Å². The maximum atomic E-state index is 14.1. The number of rotatable bonds is 1. The van der Waals surface area contributed by atoms with Crippen molar-refractivity contribution in [1.29, 1.82) is 0 Å². The molecule has 0 spiro atoms. The maximum Gasteiger partial charge on any atom is 0.256 e. The smallest absolute Gasteiger partial charge is 0.256 e. The van der Waals surface area contributed by atoms with Gasteiger partial charge in [-0.15, -0.1) is 0 Å². The van der Waals surface area contributed by atoms with Gasteiger partial charge in [0.2, 0.25) is 0 Å². The third-order valence-electron chi connectivity index (χ3n) is 3.74. The van der Waals surface area contributed by atoms with Crippen LogP contribution < -0.4 is 20.7 Å². The highest BCUT2D eigenvalue weighted by Gasteiger charge is 2.19. The Bertz CT molecular complexity index is 1020. The molecule has 3 aromatic heterocycles. The van der Waals surface area contributed by atoms with Crippen LogP contribution in [0, 0.1) is 11.6 Å². The van der Waals surface area contributed by atoms with Gasteiger partial charge in [0.25, 0.3) is 11.8 Å². The van der Waals surface area contributed by atoms with Gasteiger partial charge in [-0.3, -0.25) is 4.79 Å². The summed E-state index contributed by atoms with van der Waals surface area (Å²) in [6.07, 6.45) is 1.38. The molecule has 134 valence electrons. The Kier molecular flexibility index (Phi) is 3.75. The number of anilines is 3. The summed E-state index contributed by atoms with van der Waals surface area (Å²) in [5.41, 5.74) is 0.496. The quantitative estimate of drug-likeness (QED) is 0.600. The van der Waals surface area contributed by atoms with E-state index in [0.717, 1.165) is 0 Å². The van der Waals surface area contributed by atoms with Crippen molar-refractivity contribution in [2.24, 2.45) is 0 Å². The average Bonchev–Trinajstić information content (AvgIpc) is 3.04. The highest BCUT2D eigenvalue weighted by molar-refractivity contribution is 6.00. The number of halogens is 2. The zero-order valence-electron chi connectivity index (χ0n) is 13.5. The van der Waals surface area contributed by atoms with Crippen LogP contribution in [0.3, 0.4) is 0 Å². The number of carbonyl (C=O) groups excluding carboxylic acids is 1. The summed E-state index contributed by atoms with van der Waals surface area (Å²) < 4.78 is 34.5. The first-order valence-electron chi connectivity index (χ1n) is 7.67. The zero-order chi connectivity index (χ0) is 18.3. The van der Waals surface area contributed by atoms with Crippen LogP contribution in [0.1, 0.15) is 10.4 Å². The molecule has 0 aliphatic carbocycles. The summed E-state index contributed by atoms with van der Waals surface area (Å²) >= 11 is 0. The van der Waals surface area contributed by atoms with E-state index in [9.17, 15) is 13.6 Å². The van der Waals surface area contributed by atoms with Crippen LogP contribution in [0.4, 0.5) is 26.2 Å². The molecule has 0 fully saturated rings. The number of hydrogen-bond acceptors (Lipinski definition) is 7. The Labute approximate surface area is 145 Å². The van der Waals surface area contributed by atoms with Crippen LogP contribution in [-0.2, 0) is 0 Å². The van der Waals surface area contributed by atoms with Gasteiger partial charge in [-0.05, 0) is 0 Å². The summed E-state index contributed by atoms with van der Waals surface area (Å²) in [6, 6.07) is 2.22. The fraction of sp³-hybridized carbons (Fsp3) is 0.200. The first kappa shape index (κ1) is 16.0. The van der Waals surface area contributed by atoms with E-state index in [1.54, 1.807) is 13.1 Å². The zero-order valence-corrected chi connectivity index (χ0v) is 13.5. The number of hydrogen-bond donors (Lipinski definition) is 3. The van der Waals surface area contributed by atoms with Crippen molar-refractivity contribution in [3.8, 4) is 5.88 Å². The van der Waals surface area contributed by atoms with Gasteiger partial charge in [0, 0.05) is 19.2 Å². The van der Waals surface area contributed by atoms with Crippen molar-refractivity contribution in [1.82, 2.24) is 24.9 Å². The van der Waals surface area contributed by atoms with Crippen LogP contribution in [0.15, 0.2) is 18.3 Å². The number of carbonyl (C=O) groups is 1. The lowest BCUT2D eigenvalue weighted by Gasteiger charge is -2.11. The number of pyridine rings is 1. The number of nitrogens with one attached hydrogen (secondary N) is 3. The number of ether oxygens (including phenoxy) is 1. The largest absolute Gasteiger partial charge is 0.474 e.